The van der Waals surface area contributed by atoms with E-state index in [1.165, 1.54) is 0 Å². The van der Waals surface area contributed by atoms with E-state index in [2.05, 4.69) is 21.6 Å². The van der Waals surface area contributed by atoms with Crippen LogP contribution in [0, 0.1) is 6.92 Å². The largest absolute Gasteiger partial charge is 0.496 e. The lowest BCUT2D eigenvalue weighted by molar-refractivity contribution is -0.116. The second kappa shape index (κ2) is 6.08. The highest BCUT2D eigenvalue weighted by Gasteiger charge is 2.32. The lowest BCUT2D eigenvalue weighted by Crippen LogP contribution is -2.23. The lowest BCUT2D eigenvalue weighted by atomic mass is 9.85. The highest BCUT2D eigenvalue weighted by atomic mass is 16.5. The van der Waals surface area contributed by atoms with Gasteiger partial charge in [0.1, 0.15) is 5.75 Å². The van der Waals surface area contributed by atoms with Gasteiger partial charge in [-0.1, -0.05) is 11.2 Å². The molecule has 0 radical (unpaired) electrons. The average Bonchev–Trinajstić information content (AvgIpc) is 3.24. The third-order valence-electron chi connectivity index (χ3n) is 4.50. The minimum absolute atomic E-state index is 0.0712. The van der Waals surface area contributed by atoms with E-state index in [1.54, 1.807) is 13.3 Å². The number of hydrogen-bond donors (Lipinski definition) is 1. The summed E-state index contributed by atoms with van der Waals surface area (Å²) in [5.74, 6) is 1.08. The van der Waals surface area contributed by atoms with Gasteiger partial charge in [-0.2, -0.15) is 5.10 Å². The number of ether oxygens (including phenoxy) is 1. The molecule has 1 aromatic carbocycles. The molecule has 3 heterocycles. The molecule has 1 atom stereocenters. The van der Waals surface area contributed by atoms with Gasteiger partial charge in [-0.3, -0.25) is 14.8 Å². The zero-order chi connectivity index (χ0) is 17.4. The summed E-state index contributed by atoms with van der Waals surface area (Å²) in [6, 6.07) is 7.88. The molecule has 0 unspecified atom stereocenters. The first-order valence-electron chi connectivity index (χ1n) is 8.06. The quantitative estimate of drug-likeness (QED) is 0.791. The molecular weight excluding hydrogens is 320 g/mol. The van der Waals surface area contributed by atoms with Crippen LogP contribution >= 0.6 is 0 Å². The molecule has 0 saturated heterocycles. The van der Waals surface area contributed by atoms with E-state index in [4.69, 9.17) is 9.26 Å². The maximum atomic E-state index is 12.0. The van der Waals surface area contributed by atoms with Crippen molar-refractivity contribution in [2.45, 2.75) is 25.8 Å². The molecule has 7 nitrogen and oxygen atoms in total. The van der Waals surface area contributed by atoms with Gasteiger partial charge in [0.05, 0.1) is 19.3 Å². The van der Waals surface area contributed by atoms with Gasteiger partial charge in [-0.25, -0.2) is 0 Å². The predicted molar refractivity (Wildman–Crippen MR) is 90.7 cm³/mol. The fraction of sp³-hybridized carbons (Fsp3) is 0.278. The highest BCUT2D eigenvalue weighted by Crippen LogP contribution is 2.40. The predicted octanol–water partition coefficient (Wildman–Crippen LogP) is 2.71. The van der Waals surface area contributed by atoms with Crippen molar-refractivity contribution in [3.63, 3.8) is 0 Å². The third-order valence-corrected chi connectivity index (χ3v) is 4.50. The molecule has 4 rings (SSSR count). The first kappa shape index (κ1) is 15.4. The van der Waals surface area contributed by atoms with Crippen molar-refractivity contribution < 1.29 is 14.1 Å². The van der Waals surface area contributed by atoms with Crippen LogP contribution in [-0.2, 0) is 11.3 Å². The summed E-state index contributed by atoms with van der Waals surface area (Å²) >= 11 is 0. The number of anilines is 1. The van der Waals surface area contributed by atoms with E-state index in [0.717, 1.165) is 28.1 Å². The zero-order valence-corrected chi connectivity index (χ0v) is 14.0. The minimum atomic E-state index is -0.0859. The van der Waals surface area contributed by atoms with E-state index < -0.39 is 0 Å². The Morgan fingerprint density at radius 2 is 2.32 bits per heavy atom. The number of carbonyl (C=O) groups is 1. The molecule has 2 aromatic heterocycles. The second-order valence-electron chi connectivity index (χ2n) is 6.09. The van der Waals surface area contributed by atoms with Gasteiger partial charge in [0, 0.05) is 35.9 Å². The number of nitrogens with one attached hydrogen (secondary N) is 1. The van der Waals surface area contributed by atoms with Crippen molar-refractivity contribution in [2.75, 3.05) is 12.4 Å². The number of aromatic nitrogens is 3. The summed E-state index contributed by atoms with van der Waals surface area (Å²) in [6.07, 6.45) is 4.01. The number of methoxy groups -OCH3 is 1. The molecule has 1 amide bonds. The number of carbonyl (C=O) groups excluding carboxylic acids is 1. The van der Waals surface area contributed by atoms with Crippen molar-refractivity contribution in [1.82, 2.24) is 14.9 Å². The topological polar surface area (TPSA) is 82.2 Å². The first-order chi connectivity index (χ1) is 12.2. The van der Waals surface area contributed by atoms with Crippen LogP contribution in [-0.4, -0.2) is 28.0 Å². The Morgan fingerprint density at radius 1 is 1.44 bits per heavy atom. The van der Waals surface area contributed by atoms with Crippen molar-refractivity contribution in [3.8, 4) is 5.75 Å². The molecule has 0 bridgehead atoms. The molecule has 7 heteroatoms. The van der Waals surface area contributed by atoms with Crippen LogP contribution < -0.4 is 10.1 Å². The number of benzene rings is 1. The Hall–Kier alpha value is -3.09. The smallest absolute Gasteiger partial charge is 0.235 e. The summed E-state index contributed by atoms with van der Waals surface area (Å²) in [5.41, 5.74) is 3.77. The summed E-state index contributed by atoms with van der Waals surface area (Å²) in [6.45, 7) is 2.49. The second-order valence-corrected chi connectivity index (χ2v) is 6.09. The number of nitrogens with zero attached hydrogens (tertiary/aromatic N) is 3. The van der Waals surface area contributed by atoms with Crippen LogP contribution in [0.4, 0.5) is 5.88 Å². The minimum Gasteiger partial charge on any atom is -0.496 e. The molecule has 1 aliphatic rings. The first-order valence-corrected chi connectivity index (χ1v) is 8.06. The van der Waals surface area contributed by atoms with Gasteiger partial charge >= 0.3 is 0 Å². The molecule has 1 N–H and O–H groups in total. The molecule has 128 valence electrons. The fourth-order valence-electron chi connectivity index (χ4n) is 3.33. The summed E-state index contributed by atoms with van der Waals surface area (Å²) in [5, 5.41) is 11.0. The number of fused-ring (bicyclic) bond motifs is 1. The van der Waals surface area contributed by atoms with Crippen LogP contribution in [0.15, 0.2) is 41.2 Å². The summed E-state index contributed by atoms with van der Waals surface area (Å²) in [4.78, 5) is 12.0. The van der Waals surface area contributed by atoms with Gasteiger partial charge in [0.15, 0.2) is 0 Å². The molecule has 0 spiro atoms. The van der Waals surface area contributed by atoms with Crippen molar-refractivity contribution >= 4 is 11.8 Å². The lowest BCUT2D eigenvalue weighted by Gasteiger charge is -2.23. The standard InChI is InChI=1S/C18H18N4O3/c1-11-17-14(9-16(23)20-18(17)25-21-11)12-4-5-15(24-2)13(8-12)10-22-7-3-6-19-22/h3-8,14H,9-10H2,1-2H3,(H,20,23)/t14-/m0/s1. The Labute approximate surface area is 144 Å². The normalized spacial score (nSPS) is 16.4. The van der Waals surface area contributed by atoms with Crippen molar-refractivity contribution in [1.29, 1.82) is 0 Å². The highest BCUT2D eigenvalue weighted by molar-refractivity contribution is 5.93. The molecule has 0 aliphatic carbocycles. The molecule has 1 aliphatic heterocycles. The van der Waals surface area contributed by atoms with Gasteiger partial charge in [-0.15, -0.1) is 0 Å². The Kier molecular flexibility index (Phi) is 3.76. The molecule has 0 saturated carbocycles. The average molecular weight is 338 g/mol. The number of rotatable bonds is 4. The molecule has 3 aromatic rings. The van der Waals surface area contributed by atoms with Gasteiger partial charge in [0.25, 0.3) is 0 Å². The number of amides is 1. The Balaban J connectivity index is 1.76. The molecular formula is C18H18N4O3. The van der Waals surface area contributed by atoms with E-state index in [-0.39, 0.29) is 11.8 Å². The van der Waals surface area contributed by atoms with E-state index >= 15 is 0 Å². The van der Waals surface area contributed by atoms with Gasteiger partial charge < -0.3 is 9.26 Å². The number of hydrogen-bond acceptors (Lipinski definition) is 5. The third kappa shape index (κ3) is 2.77. The van der Waals surface area contributed by atoms with Crippen LogP contribution in [0.2, 0.25) is 0 Å². The molecule has 0 fully saturated rings. The van der Waals surface area contributed by atoms with Gasteiger partial charge in [-0.05, 0) is 30.7 Å². The van der Waals surface area contributed by atoms with Crippen molar-refractivity contribution in [2.24, 2.45) is 0 Å². The van der Waals surface area contributed by atoms with Crippen LogP contribution in [0.1, 0.15) is 34.7 Å². The summed E-state index contributed by atoms with van der Waals surface area (Å²) < 4.78 is 12.6. The monoisotopic (exact) mass is 338 g/mol. The van der Waals surface area contributed by atoms with Crippen LogP contribution in [0.3, 0.4) is 0 Å². The SMILES string of the molecule is COc1ccc([C@@H]2CC(=O)Nc3onc(C)c32)cc1Cn1cccn1. The Bertz CT molecular complexity index is 915. The van der Waals surface area contributed by atoms with Crippen molar-refractivity contribution in [3.05, 3.63) is 59.0 Å². The van der Waals surface area contributed by atoms with E-state index in [9.17, 15) is 4.79 Å². The number of aryl methyl sites for hydroxylation is 1. The van der Waals surface area contributed by atoms with E-state index in [1.807, 2.05) is 36.0 Å². The van der Waals surface area contributed by atoms with Gasteiger partial charge in [0.2, 0.25) is 11.8 Å². The molecule has 25 heavy (non-hydrogen) atoms. The Morgan fingerprint density at radius 3 is 3.08 bits per heavy atom. The van der Waals surface area contributed by atoms with E-state index in [0.29, 0.717) is 18.8 Å². The maximum Gasteiger partial charge on any atom is 0.235 e. The van der Waals surface area contributed by atoms with Crippen LogP contribution in [0.5, 0.6) is 5.75 Å². The maximum absolute atomic E-state index is 12.0. The van der Waals surface area contributed by atoms with Crippen LogP contribution in [0.25, 0.3) is 0 Å². The fourth-order valence-corrected chi connectivity index (χ4v) is 3.33. The summed E-state index contributed by atoms with van der Waals surface area (Å²) in [7, 11) is 1.65. The zero-order valence-electron chi connectivity index (χ0n) is 14.0.